The number of aromatic nitrogens is 6. The molecule has 1 saturated carbocycles. The maximum absolute atomic E-state index is 12.6. The van der Waals surface area contributed by atoms with Gasteiger partial charge in [-0.25, -0.2) is 4.98 Å². The minimum absolute atomic E-state index is 0.0828. The Hall–Kier alpha value is -3.68. The molecule has 0 N–H and O–H groups in total. The second-order valence-corrected chi connectivity index (χ2v) is 7.52. The van der Waals surface area contributed by atoms with Crippen LogP contribution in [0.25, 0.3) is 39.4 Å². The van der Waals surface area contributed by atoms with Crippen LogP contribution in [0.1, 0.15) is 25.3 Å². The first-order valence-electron chi connectivity index (χ1n) is 9.66. The first-order valence-corrected chi connectivity index (χ1v) is 9.66. The van der Waals surface area contributed by atoms with Crippen molar-refractivity contribution in [3.05, 3.63) is 59.6 Å². The second kappa shape index (κ2) is 5.91. The number of imidazole rings is 1. The van der Waals surface area contributed by atoms with Gasteiger partial charge in [-0.2, -0.15) is 10.1 Å². The van der Waals surface area contributed by atoms with Gasteiger partial charge in [0.1, 0.15) is 17.7 Å². The summed E-state index contributed by atoms with van der Waals surface area (Å²) in [6.45, 7) is 0. The Labute approximate surface area is 165 Å². The molecule has 1 aliphatic carbocycles. The molecule has 1 aliphatic rings. The fourth-order valence-electron chi connectivity index (χ4n) is 3.92. The van der Waals surface area contributed by atoms with Crippen molar-refractivity contribution in [1.82, 2.24) is 28.7 Å². The number of fused-ring (bicyclic) bond motifs is 2. The quantitative estimate of drug-likeness (QED) is 0.474. The highest BCUT2D eigenvalue weighted by atomic mass is 16.3. The third-order valence-corrected chi connectivity index (χ3v) is 5.75. The minimum atomic E-state index is -0.0828. The van der Waals surface area contributed by atoms with Crippen LogP contribution in [0.3, 0.4) is 0 Å². The van der Waals surface area contributed by atoms with Crippen LogP contribution in [0.5, 0.6) is 0 Å². The van der Waals surface area contributed by atoms with Crippen LogP contribution in [0.15, 0.2) is 58.5 Å². The highest BCUT2D eigenvalue weighted by Gasteiger charge is 2.23. The molecule has 0 bridgehead atoms. The first kappa shape index (κ1) is 16.3. The van der Waals surface area contributed by atoms with E-state index in [4.69, 9.17) is 9.52 Å². The van der Waals surface area contributed by atoms with E-state index in [2.05, 4.69) is 9.97 Å². The summed E-state index contributed by atoms with van der Waals surface area (Å²) in [6.07, 6.45) is 10.6. The molecular formula is C21H18N6O2. The molecule has 8 heteroatoms. The van der Waals surface area contributed by atoms with Crippen LogP contribution in [0.2, 0.25) is 0 Å². The molecule has 0 unspecified atom stereocenters. The smallest absolute Gasteiger partial charge is 0.306 e. The number of nitrogens with zero attached hydrogens (tertiary/aromatic N) is 6. The van der Waals surface area contributed by atoms with E-state index in [1.807, 2.05) is 45.7 Å². The zero-order valence-electron chi connectivity index (χ0n) is 15.8. The van der Waals surface area contributed by atoms with Crippen molar-refractivity contribution in [1.29, 1.82) is 0 Å². The van der Waals surface area contributed by atoms with Crippen molar-refractivity contribution in [2.75, 3.05) is 0 Å². The number of rotatable bonds is 3. The van der Waals surface area contributed by atoms with Crippen molar-refractivity contribution < 1.29 is 4.42 Å². The molecule has 0 spiro atoms. The van der Waals surface area contributed by atoms with E-state index in [0.29, 0.717) is 22.8 Å². The summed E-state index contributed by atoms with van der Waals surface area (Å²) in [5.74, 6) is 0.493. The summed E-state index contributed by atoms with van der Waals surface area (Å²) in [7, 11) is 1.70. The van der Waals surface area contributed by atoms with E-state index in [1.165, 1.54) is 30.2 Å². The summed E-state index contributed by atoms with van der Waals surface area (Å²) in [4.78, 5) is 21.6. The van der Waals surface area contributed by atoms with Crippen LogP contribution in [-0.2, 0) is 7.05 Å². The fraction of sp³-hybridized carbons (Fsp3) is 0.238. The Bertz CT molecular complexity index is 1430. The van der Waals surface area contributed by atoms with E-state index >= 15 is 0 Å². The lowest BCUT2D eigenvalue weighted by molar-refractivity contribution is 0.290. The predicted octanol–water partition coefficient (Wildman–Crippen LogP) is 3.43. The average Bonchev–Trinajstić information content (AvgIpc) is 3.39. The standard InChI is InChI=1S/C21H18N6O2/c1-25-12-22-16-6-5-13(11-15(16)20(25)28)19-18(23-21-26(19)9-10-29-21)17-7-8-27(24-17)14-3-2-4-14/h5-12,14H,2-4H2,1H3. The SMILES string of the molecule is Cn1cnc2ccc(-c3c(-c4ccn(C5CCC5)n4)nc4occn34)cc2c1=O. The van der Waals surface area contributed by atoms with Gasteiger partial charge in [-0.1, -0.05) is 6.07 Å². The van der Waals surface area contributed by atoms with Crippen molar-refractivity contribution in [2.45, 2.75) is 25.3 Å². The number of hydrogen-bond acceptors (Lipinski definition) is 5. The molecule has 4 aromatic heterocycles. The highest BCUT2D eigenvalue weighted by molar-refractivity contribution is 5.87. The Morgan fingerprint density at radius 2 is 2.07 bits per heavy atom. The van der Waals surface area contributed by atoms with Crippen LogP contribution in [0.4, 0.5) is 0 Å². The van der Waals surface area contributed by atoms with E-state index in [-0.39, 0.29) is 5.56 Å². The topological polar surface area (TPSA) is 83.2 Å². The van der Waals surface area contributed by atoms with Crippen molar-refractivity contribution in [3.8, 4) is 22.6 Å². The third-order valence-electron chi connectivity index (χ3n) is 5.75. The monoisotopic (exact) mass is 386 g/mol. The van der Waals surface area contributed by atoms with Gasteiger partial charge in [0.25, 0.3) is 5.56 Å². The van der Waals surface area contributed by atoms with E-state index in [0.717, 1.165) is 22.6 Å². The molecule has 0 saturated heterocycles. The van der Waals surface area contributed by atoms with Gasteiger partial charge >= 0.3 is 5.84 Å². The number of benzene rings is 1. The summed E-state index contributed by atoms with van der Waals surface area (Å²) in [5.41, 5.74) is 3.83. The lowest BCUT2D eigenvalue weighted by Gasteiger charge is -2.25. The van der Waals surface area contributed by atoms with Crippen LogP contribution in [-0.4, -0.2) is 28.7 Å². The summed E-state index contributed by atoms with van der Waals surface area (Å²) in [6, 6.07) is 8.16. The molecule has 0 radical (unpaired) electrons. The normalized spacial score (nSPS) is 14.7. The van der Waals surface area contributed by atoms with E-state index in [9.17, 15) is 4.79 Å². The Balaban J connectivity index is 1.57. The lowest BCUT2D eigenvalue weighted by atomic mass is 9.93. The molecule has 0 aliphatic heterocycles. The Morgan fingerprint density at radius 1 is 1.17 bits per heavy atom. The number of aryl methyl sites for hydroxylation is 1. The maximum atomic E-state index is 12.6. The predicted molar refractivity (Wildman–Crippen MR) is 108 cm³/mol. The minimum Gasteiger partial charge on any atom is -0.432 e. The molecule has 6 rings (SSSR count). The van der Waals surface area contributed by atoms with E-state index in [1.54, 1.807) is 13.3 Å². The van der Waals surface area contributed by atoms with Crippen molar-refractivity contribution in [2.24, 2.45) is 7.05 Å². The van der Waals surface area contributed by atoms with Gasteiger partial charge < -0.3 is 8.98 Å². The molecule has 0 atom stereocenters. The highest BCUT2D eigenvalue weighted by Crippen LogP contribution is 2.35. The molecular weight excluding hydrogens is 368 g/mol. The third kappa shape index (κ3) is 2.38. The van der Waals surface area contributed by atoms with Gasteiger partial charge in [-0.05, 0) is 37.5 Å². The molecule has 144 valence electrons. The first-order chi connectivity index (χ1) is 14.2. The second-order valence-electron chi connectivity index (χ2n) is 7.52. The number of hydrogen-bond donors (Lipinski definition) is 0. The number of oxazole rings is 1. The van der Waals surface area contributed by atoms with Crippen molar-refractivity contribution >= 4 is 16.7 Å². The van der Waals surface area contributed by atoms with Gasteiger partial charge in [-0.3, -0.25) is 13.9 Å². The Kier molecular flexibility index (Phi) is 3.32. The molecule has 1 fully saturated rings. The molecule has 29 heavy (non-hydrogen) atoms. The van der Waals surface area contributed by atoms with Gasteiger partial charge in [0, 0.05) is 25.0 Å². The largest absolute Gasteiger partial charge is 0.432 e. The molecule has 5 aromatic rings. The summed E-state index contributed by atoms with van der Waals surface area (Å²) in [5, 5.41) is 5.35. The van der Waals surface area contributed by atoms with Gasteiger partial charge in [0.05, 0.1) is 29.0 Å². The van der Waals surface area contributed by atoms with Crippen LogP contribution >= 0.6 is 0 Å². The van der Waals surface area contributed by atoms with Gasteiger partial charge in [0.2, 0.25) is 0 Å². The van der Waals surface area contributed by atoms with E-state index < -0.39 is 0 Å². The molecule has 1 aromatic carbocycles. The molecule has 4 heterocycles. The Morgan fingerprint density at radius 3 is 2.90 bits per heavy atom. The summed E-state index contributed by atoms with van der Waals surface area (Å²) >= 11 is 0. The average molecular weight is 386 g/mol. The van der Waals surface area contributed by atoms with Crippen LogP contribution in [0, 0.1) is 0 Å². The zero-order valence-corrected chi connectivity index (χ0v) is 15.8. The maximum Gasteiger partial charge on any atom is 0.306 e. The zero-order chi connectivity index (χ0) is 19.5. The van der Waals surface area contributed by atoms with Crippen LogP contribution < -0.4 is 5.56 Å². The lowest BCUT2D eigenvalue weighted by Crippen LogP contribution is -2.17. The fourth-order valence-corrected chi connectivity index (χ4v) is 3.92. The molecule has 8 nitrogen and oxygen atoms in total. The van der Waals surface area contributed by atoms with Gasteiger partial charge in [0.15, 0.2) is 0 Å². The molecule has 0 amide bonds. The van der Waals surface area contributed by atoms with Gasteiger partial charge in [-0.15, -0.1) is 0 Å². The summed E-state index contributed by atoms with van der Waals surface area (Å²) < 4.78 is 10.9. The van der Waals surface area contributed by atoms with Crippen molar-refractivity contribution in [3.63, 3.8) is 0 Å².